The van der Waals surface area contributed by atoms with E-state index in [-0.39, 0.29) is 0 Å². The van der Waals surface area contributed by atoms with Gasteiger partial charge in [0.25, 0.3) is 0 Å². The monoisotopic (exact) mass is 237 g/mol. The van der Waals surface area contributed by atoms with Gasteiger partial charge in [0.05, 0.1) is 6.61 Å². The third-order valence-corrected chi connectivity index (χ3v) is 2.63. The van der Waals surface area contributed by atoms with Crippen LogP contribution in [0.2, 0.25) is 0 Å². The molecule has 0 aromatic carbocycles. The number of hydrogen-bond donors (Lipinski definition) is 1. The number of hydrogen-bond acceptors (Lipinski definition) is 4. The molecule has 0 aliphatic heterocycles. The summed E-state index contributed by atoms with van der Waals surface area (Å²) in [5.41, 5.74) is 8.00. The van der Waals surface area contributed by atoms with Crippen LogP contribution in [-0.2, 0) is 11.3 Å². The molecule has 1 rings (SSSR count). The summed E-state index contributed by atoms with van der Waals surface area (Å²) in [5.74, 6) is 0. The summed E-state index contributed by atoms with van der Waals surface area (Å²) in [5, 5.41) is 0. The van der Waals surface area contributed by atoms with Gasteiger partial charge in [0.2, 0.25) is 0 Å². The summed E-state index contributed by atoms with van der Waals surface area (Å²) >= 11 is 0. The molecule has 1 aromatic heterocycles. The third kappa shape index (κ3) is 5.77. The maximum absolute atomic E-state index is 5.55. The highest BCUT2D eigenvalue weighted by Gasteiger charge is 2.05. The van der Waals surface area contributed by atoms with E-state index < -0.39 is 0 Å². The molecule has 0 saturated heterocycles. The van der Waals surface area contributed by atoms with Crippen molar-refractivity contribution in [1.82, 2.24) is 9.88 Å². The smallest absolute Gasteiger partial charge is 0.0589 e. The molecule has 2 N–H and O–H groups in total. The van der Waals surface area contributed by atoms with Crippen molar-refractivity contribution >= 4 is 0 Å². The number of methoxy groups -OCH3 is 1. The van der Waals surface area contributed by atoms with E-state index in [0.717, 1.165) is 39.2 Å². The van der Waals surface area contributed by atoms with Crippen LogP contribution in [-0.4, -0.2) is 43.2 Å². The molecule has 1 heterocycles. The average Bonchev–Trinajstić information content (AvgIpc) is 2.32. The van der Waals surface area contributed by atoms with E-state index in [1.807, 2.05) is 12.4 Å². The number of ether oxygens (including phenoxy) is 1. The molecular formula is C13H23N3O. The van der Waals surface area contributed by atoms with Gasteiger partial charge in [-0.25, -0.2) is 0 Å². The molecule has 1 aromatic rings. The summed E-state index contributed by atoms with van der Waals surface area (Å²) < 4.78 is 5.13. The Kier molecular flexibility index (Phi) is 6.77. The lowest BCUT2D eigenvalue weighted by atomic mass is 10.2. The molecule has 0 amide bonds. The molecule has 96 valence electrons. The van der Waals surface area contributed by atoms with Gasteiger partial charge in [-0.15, -0.1) is 0 Å². The molecule has 0 spiro atoms. The summed E-state index contributed by atoms with van der Waals surface area (Å²) in [6.45, 7) is 6.41. The van der Waals surface area contributed by atoms with Crippen LogP contribution in [0.1, 0.15) is 17.5 Å². The van der Waals surface area contributed by atoms with Gasteiger partial charge < -0.3 is 10.5 Å². The highest BCUT2D eigenvalue weighted by molar-refractivity contribution is 5.16. The van der Waals surface area contributed by atoms with Gasteiger partial charge >= 0.3 is 0 Å². The first-order valence-corrected chi connectivity index (χ1v) is 6.08. The second-order valence-electron chi connectivity index (χ2n) is 4.28. The van der Waals surface area contributed by atoms with E-state index in [2.05, 4.69) is 22.9 Å². The first kappa shape index (κ1) is 14.1. The van der Waals surface area contributed by atoms with Gasteiger partial charge in [-0.1, -0.05) is 6.07 Å². The maximum Gasteiger partial charge on any atom is 0.0589 e. The van der Waals surface area contributed by atoms with Crippen molar-refractivity contribution in [3.63, 3.8) is 0 Å². The van der Waals surface area contributed by atoms with Crippen molar-refractivity contribution in [2.75, 3.05) is 33.4 Å². The predicted octanol–water partition coefficient (Wildman–Crippen LogP) is 1.19. The van der Waals surface area contributed by atoms with Crippen LogP contribution in [0.4, 0.5) is 0 Å². The van der Waals surface area contributed by atoms with Crippen LogP contribution in [0, 0.1) is 6.92 Å². The first-order valence-electron chi connectivity index (χ1n) is 6.08. The minimum Gasteiger partial charge on any atom is -0.383 e. The molecule has 0 saturated carbocycles. The van der Waals surface area contributed by atoms with E-state index in [4.69, 9.17) is 10.5 Å². The number of rotatable bonds is 8. The Morgan fingerprint density at radius 2 is 2.18 bits per heavy atom. The Morgan fingerprint density at radius 3 is 2.82 bits per heavy atom. The van der Waals surface area contributed by atoms with Crippen molar-refractivity contribution in [1.29, 1.82) is 0 Å². The molecule has 0 aliphatic carbocycles. The van der Waals surface area contributed by atoms with Crippen LogP contribution < -0.4 is 5.73 Å². The zero-order valence-corrected chi connectivity index (χ0v) is 10.9. The van der Waals surface area contributed by atoms with Gasteiger partial charge in [-0.05, 0) is 37.6 Å². The number of nitrogens with two attached hydrogens (primary N) is 1. The average molecular weight is 237 g/mol. The molecule has 0 radical (unpaired) electrons. The highest BCUT2D eigenvalue weighted by Crippen LogP contribution is 2.06. The molecule has 0 aliphatic rings. The fourth-order valence-electron chi connectivity index (χ4n) is 1.77. The zero-order valence-electron chi connectivity index (χ0n) is 10.9. The molecule has 4 nitrogen and oxygen atoms in total. The van der Waals surface area contributed by atoms with Gasteiger partial charge in [0.15, 0.2) is 0 Å². The van der Waals surface area contributed by atoms with Crippen molar-refractivity contribution in [3.8, 4) is 0 Å². The number of aromatic nitrogens is 1. The molecule has 17 heavy (non-hydrogen) atoms. The number of nitrogens with zero attached hydrogens (tertiary/aromatic N) is 2. The standard InChI is InChI=1S/C13H23N3O/c1-12-8-13(10-15-9-12)11-16(5-3-4-14)6-7-17-2/h8-10H,3-7,11,14H2,1-2H3. The minimum atomic E-state index is 0.732. The largest absolute Gasteiger partial charge is 0.383 e. The van der Waals surface area contributed by atoms with Gasteiger partial charge in [-0.3, -0.25) is 9.88 Å². The molecule has 0 bridgehead atoms. The minimum absolute atomic E-state index is 0.732. The number of pyridine rings is 1. The Labute approximate surface area is 104 Å². The quantitative estimate of drug-likeness (QED) is 0.738. The second kappa shape index (κ2) is 8.17. The van der Waals surface area contributed by atoms with Gasteiger partial charge in [0.1, 0.15) is 0 Å². The Hall–Kier alpha value is -0.970. The van der Waals surface area contributed by atoms with Crippen molar-refractivity contribution in [3.05, 3.63) is 29.6 Å². The maximum atomic E-state index is 5.55. The molecule has 0 unspecified atom stereocenters. The summed E-state index contributed by atoms with van der Waals surface area (Å²) in [7, 11) is 1.73. The SMILES string of the molecule is COCCN(CCCN)Cc1cncc(C)c1. The van der Waals surface area contributed by atoms with E-state index in [0.29, 0.717) is 0 Å². The van der Waals surface area contributed by atoms with Crippen LogP contribution >= 0.6 is 0 Å². The van der Waals surface area contributed by atoms with E-state index in [1.54, 1.807) is 7.11 Å². The van der Waals surface area contributed by atoms with E-state index >= 15 is 0 Å². The topological polar surface area (TPSA) is 51.4 Å². The third-order valence-electron chi connectivity index (χ3n) is 2.63. The van der Waals surface area contributed by atoms with Crippen molar-refractivity contribution < 1.29 is 4.74 Å². The predicted molar refractivity (Wildman–Crippen MR) is 69.8 cm³/mol. The Morgan fingerprint density at radius 1 is 1.35 bits per heavy atom. The molecular weight excluding hydrogens is 214 g/mol. The summed E-state index contributed by atoms with van der Waals surface area (Å²) in [6, 6.07) is 2.18. The van der Waals surface area contributed by atoms with Gasteiger partial charge in [-0.2, -0.15) is 0 Å². The van der Waals surface area contributed by atoms with Crippen LogP contribution in [0.3, 0.4) is 0 Å². The Bertz CT molecular complexity index is 309. The first-order chi connectivity index (χ1) is 8.26. The van der Waals surface area contributed by atoms with Crippen molar-refractivity contribution in [2.24, 2.45) is 5.73 Å². The summed E-state index contributed by atoms with van der Waals surface area (Å²) in [6.07, 6.45) is 4.82. The fraction of sp³-hybridized carbons (Fsp3) is 0.615. The van der Waals surface area contributed by atoms with E-state index in [9.17, 15) is 0 Å². The second-order valence-corrected chi connectivity index (χ2v) is 4.28. The normalized spacial score (nSPS) is 11.1. The van der Waals surface area contributed by atoms with Crippen molar-refractivity contribution in [2.45, 2.75) is 19.9 Å². The zero-order chi connectivity index (χ0) is 12.5. The molecule has 4 heteroatoms. The fourth-order valence-corrected chi connectivity index (χ4v) is 1.77. The molecule has 0 fully saturated rings. The number of aryl methyl sites for hydroxylation is 1. The molecule has 0 atom stereocenters. The van der Waals surface area contributed by atoms with Crippen LogP contribution in [0.25, 0.3) is 0 Å². The van der Waals surface area contributed by atoms with E-state index in [1.165, 1.54) is 11.1 Å². The lowest BCUT2D eigenvalue weighted by Gasteiger charge is -2.21. The van der Waals surface area contributed by atoms with Gasteiger partial charge in [0, 0.05) is 32.6 Å². The lowest BCUT2D eigenvalue weighted by Crippen LogP contribution is -2.29. The van der Waals surface area contributed by atoms with Crippen LogP contribution in [0.15, 0.2) is 18.5 Å². The lowest BCUT2D eigenvalue weighted by molar-refractivity contribution is 0.143. The van der Waals surface area contributed by atoms with Crippen LogP contribution in [0.5, 0.6) is 0 Å². The highest BCUT2D eigenvalue weighted by atomic mass is 16.5. The Balaban J connectivity index is 2.51. The summed E-state index contributed by atoms with van der Waals surface area (Å²) in [4.78, 5) is 6.57.